The molecule has 1 N–H and O–H groups in total. The summed E-state index contributed by atoms with van der Waals surface area (Å²) in [5, 5.41) is 7.71. The molecule has 0 bridgehead atoms. The van der Waals surface area contributed by atoms with Gasteiger partial charge in [0.15, 0.2) is 0 Å². The van der Waals surface area contributed by atoms with E-state index >= 15 is 0 Å². The SMILES string of the molecule is CNCc1nn(C)c2c1CCCC2. The van der Waals surface area contributed by atoms with Crippen molar-refractivity contribution in [3.63, 3.8) is 0 Å². The summed E-state index contributed by atoms with van der Waals surface area (Å²) in [5.41, 5.74) is 4.21. The second-order valence-corrected chi connectivity index (χ2v) is 3.73. The van der Waals surface area contributed by atoms with E-state index in [0.29, 0.717) is 0 Å². The lowest BCUT2D eigenvalue weighted by molar-refractivity contribution is 0.625. The van der Waals surface area contributed by atoms with Gasteiger partial charge < -0.3 is 5.32 Å². The average molecular weight is 179 g/mol. The summed E-state index contributed by atoms with van der Waals surface area (Å²) in [6.45, 7) is 0.906. The third-order valence-corrected chi connectivity index (χ3v) is 2.79. The molecule has 3 nitrogen and oxygen atoms in total. The van der Waals surface area contributed by atoms with Crippen molar-refractivity contribution < 1.29 is 0 Å². The predicted molar refractivity (Wildman–Crippen MR) is 52.6 cm³/mol. The molecule has 72 valence electrons. The van der Waals surface area contributed by atoms with E-state index in [1.165, 1.54) is 42.6 Å². The van der Waals surface area contributed by atoms with Gasteiger partial charge in [-0.1, -0.05) is 0 Å². The molecule has 0 fully saturated rings. The average Bonchev–Trinajstić information content (AvgIpc) is 2.46. The first-order chi connectivity index (χ1) is 6.33. The van der Waals surface area contributed by atoms with Gasteiger partial charge in [0, 0.05) is 19.3 Å². The van der Waals surface area contributed by atoms with E-state index < -0.39 is 0 Å². The molecule has 0 spiro atoms. The van der Waals surface area contributed by atoms with Crippen LogP contribution < -0.4 is 5.32 Å². The van der Waals surface area contributed by atoms with Gasteiger partial charge in [-0.05, 0) is 38.3 Å². The largest absolute Gasteiger partial charge is 0.314 e. The smallest absolute Gasteiger partial charge is 0.0797 e. The third-order valence-electron chi connectivity index (χ3n) is 2.79. The van der Waals surface area contributed by atoms with Crippen LogP contribution in [0.15, 0.2) is 0 Å². The van der Waals surface area contributed by atoms with Crippen molar-refractivity contribution in [3.8, 4) is 0 Å². The Morgan fingerprint density at radius 3 is 2.92 bits per heavy atom. The number of hydrogen-bond donors (Lipinski definition) is 1. The minimum atomic E-state index is 0.906. The van der Waals surface area contributed by atoms with Crippen LogP contribution in [-0.4, -0.2) is 16.8 Å². The highest BCUT2D eigenvalue weighted by Gasteiger charge is 2.18. The van der Waals surface area contributed by atoms with Gasteiger partial charge in [-0.25, -0.2) is 0 Å². The van der Waals surface area contributed by atoms with Crippen LogP contribution in [0.4, 0.5) is 0 Å². The Morgan fingerprint density at radius 2 is 2.15 bits per heavy atom. The molecule has 2 rings (SSSR count). The number of nitrogens with one attached hydrogen (secondary N) is 1. The van der Waals surface area contributed by atoms with E-state index in [4.69, 9.17) is 0 Å². The Kier molecular flexibility index (Phi) is 2.36. The number of nitrogens with zero attached hydrogens (tertiary/aromatic N) is 2. The minimum absolute atomic E-state index is 0.906. The molecule has 0 aromatic carbocycles. The molecule has 1 heterocycles. The van der Waals surface area contributed by atoms with E-state index in [-0.39, 0.29) is 0 Å². The summed E-state index contributed by atoms with van der Waals surface area (Å²) in [6.07, 6.45) is 5.09. The summed E-state index contributed by atoms with van der Waals surface area (Å²) >= 11 is 0. The second-order valence-electron chi connectivity index (χ2n) is 3.73. The van der Waals surface area contributed by atoms with Crippen LogP contribution in [0.5, 0.6) is 0 Å². The van der Waals surface area contributed by atoms with Crippen LogP contribution in [0, 0.1) is 0 Å². The molecule has 0 unspecified atom stereocenters. The van der Waals surface area contributed by atoms with Crippen molar-refractivity contribution >= 4 is 0 Å². The lowest BCUT2D eigenvalue weighted by Crippen LogP contribution is -2.09. The van der Waals surface area contributed by atoms with Crippen molar-refractivity contribution in [1.82, 2.24) is 15.1 Å². The fraction of sp³-hybridized carbons (Fsp3) is 0.700. The Hall–Kier alpha value is -0.830. The van der Waals surface area contributed by atoms with Crippen LogP contribution in [0.3, 0.4) is 0 Å². The summed E-state index contributed by atoms with van der Waals surface area (Å²) in [5.74, 6) is 0. The molecule has 1 aromatic heterocycles. The topological polar surface area (TPSA) is 29.9 Å². The summed E-state index contributed by atoms with van der Waals surface area (Å²) in [4.78, 5) is 0. The number of aromatic nitrogens is 2. The molecule has 0 saturated carbocycles. The fourth-order valence-corrected chi connectivity index (χ4v) is 2.17. The highest BCUT2D eigenvalue weighted by Crippen LogP contribution is 2.23. The Bertz CT molecular complexity index is 301. The summed E-state index contributed by atoms with van der Waals surface area (Å²) in [6, 6.07) is 0. The van der Waals surface area contributed by atoms with Gasteiger partial charge in [-0.3, -0.25) is 4.68 Å². The quantitative estimate of drug-likeness (QED) is 0.734. The second kappa shape index (κ2) is 3.50. The minimum Gasteiger partial charge on any atom is -0.314 e. The van der Waals surface area contributed by atoms with Gasteiger partial charge in [0.25, 0.3) is 0 Å². The third kappa shape index (κ3) is 1.48. The molecule has 3 heteroatoms. The molecular formula is C10H17N3. The van der Waals surface area contributed by atoms with Gasteiger partial charge >= 0.3 is 0 Å². The zero-order valence-corrected chi connectivity index (χ0v) is 8.43. The highest BCUT2D eigenvalue weighted by atomic mass is 15.3. The van der Waals surface area contributed by atoms with Crippen molar-refractivity contribution in [1.29, 1.82) is 0 Å². The van der Waals surface area contributed by atoms with Gasteiger partial charge in [-0.2, -0.15) is 5.10 Å². The van der Waals surface area contributed by atoms with Gasteiger partial charge in [0.05, 0.1) is 5.69 Å². The first kappa shape index (κ1) is 8.75. The molecule has 0 amide bonds. The predicted octanol–water partition coefficient (Wildman–Crippen LogP) is 1.02. The van der Waals surface area contributed by atoms with Crippen LogP contribution in [0.2, 0.25) is 0 Å². The normalized spacial score (nSPS) is 15.8. The zero-order valence-electron chi connectivity index (χ0n) is 8.43. The lowest BCUT2D eigenvalue weighted by atomic mass is 9.96. The Labute approximate surface area is 79.1 Å². The van der Waals surface area contributed by atoms with Gasteiger partial charge in [0.2, 0.25) is 0 Å². The van der Waals surface area contributed by atoms with Crippen molar-refractivity contribution in [2.45, 2.75) is 32.2 Å². The van der Waals surface area contributed by atoms with E-state index in [9.17, 15) is 0 Å². The van der Waals surface area contributed by atoms with Crippen LogP contribution in [0.25, 0.3) is 0 Å². The Balaban J connectivity index is 2.36. The van der Waals surface area contributed by atoms with Crippen LogP contribution in [-0.2, 0) is 26.4 Å². The molecule has 1 aliphatic rings. The molecule has 0 atom stereocenters. The van der Waals surface area contributed by atoms with Gasteiger partial charge in [-0.15, -0.1) is 0 Å². The molecule has 1 aromatic rings. The maximum atomic E-state index is 4.54. The molecule has 13 heavy (non-hydrogen) atoms. The van der Waals surface area contributed by atoms with Crippen LogP contribution >= 0.6 is 0 Å². The number of aryl methyl sites for hydroxylation is 1. The van der Waals surface area contributed by atoms with Crippen molar-refractivity contribution in [3.05, 3.63) is 17.0 Å². The summed E-state index contributed by atoms with van der Waals surface area (Å²) < 4.78 is 2.06. The van der Waals surface area contributed by atoms with E-state index in [1.54, 1.807) is 0 Å². The van der Waals surface area contributed by atoms with E-state index in [1.807, 2.05) is 7.05 Å². The fourth-order valence-electron chi connectivity index (χ4n) is 2.17. The molecule has 0 aliphatic heterocycles. The van der Waals surface area contributed by atoms with E-state index in [2.05, 4.69) is 22.1 Å². The molecule has 1 aliphatic carbocycles. The van der Waals surface area contributed by atoms with Gasteiger partial charge in [0.1, 0.15) is 0 Å². The van der Waals surface area contributed by atoms with Crippen LogP contribution in [0.1, 0.15) is 29.8 Å². The van der Waals surface area contributed by atoms with Crippen molar-refractivity contribution in [2.75, 3.05) is 7.05 Å². The zero-order chi connectivity index (χ0) is 9.26. The number of fused-ring (bicyclic) bond motifs is 1. The lowest BCUT2D eigenvalue weighted by Gasteiger charge is -2.12. The number of rotatable bonds is 2. The maximum absolute atomic E-state index is 4.54. The molecular weight excluding hydrogens is 162 g/mol. The maximum Gasteiger partial charge on any atom is 0.0797 e. The molecule has 0 radical (unpaired) electrons. The van der Waals surface area contributed by atoms with E-state index in [0.717, 1.165) is 6.54 Å². The highest BCUT2D eigenvalue weighted by molar-refractivity contribution is 5.28. The van der Waals surface area contributed by atoms with Crippen molar-refractivity contribution in [2.24, 2.45) is 7.05 Å². The Morgan fingerprint density at radius 1 is 1.38 bits per heavy atom. The standard InChI is InChI=1S/C10H17N3/c1-11-7-9-8-5-3-4-6-10(8)13(2)12-9/h11H,3-7H2,1-2H3. The molecule has 0 saturated heterocycles. The summed E-state index contributed by atoms with van der Waals surface area (Å²) in [7, 11) is 4.03. The first-order valence-corrected chi connectivity index (χ1v) is 5.01. The number of hydrogen-bond acceptors (Lipinski definition) is 2. The monoisotopic (exact) mass is 179 g/mol. The first-order valence-electron chi connectivity index (χ1n) is 5.01.